The molecule has 0 aromatic heterocycles. The van der Waals surface area contributed by atoms with Crippen molar-refractivity contribution in [2.24, 2.45) is 0 Å². The van der Waals surface area contributed by atoms with Gasteiger partial charge in [-0.2, -0.15) is 0 Å². The van der Waals surface area contributed by atoms with E-state index in [4.69, 9.17) is 0 Å². The molecule has 1 aromatic carbocycles. The van der Waals surface area contributed by atoms with E-state index in [-0.39, 0.29) is 5.91 Å². The lowest BCUT2D eigenvalue weighted by molar-refractivity contribution is -0.120. The smallest absolute Gasteiger partial charge is 0.224 e. The second-order valence-corrected chi connectivity index (χ2v) is 5.25. The second kappa shape index (κ2) is 7.09. The van der Waals surface area contributed by atoms with E-state index in [1.54, 1.807) is 0 Å². The normalized spacial score (nSPS) is 10.1. The van der Waals surface area contributed by atoms with Crippen LogP contribution < -0.4 is 5.32 Å². The van der Waals surface area contributed by atoms with E-state index in [1.165, 1.54) is 11.1 Å². The van der Waals surface area contributed by atoms with E-state index in [2.05, 4.69) is 43.9 Å². The summed E-state index contributed by atoms with van der Waals surface area (Å²) in [5.41, 5.74) is 6.44. The van der Waals surface area contributed by atoms with Gasteiger partial charge in [-0.3, -0.25) is 4.79 Å². The van der Waals surface area contributed by atoms with E-state index in [0.717, 1.165) is 28.8 Å². The van der Waals surface area contributed by atoms with Crippen molar-refractivity contribution < 1.29 is 4.79 Å². The predicted octanol–water partition coefficient (Wildman–Crippen LogP) is 4.39. The molecule has 0 aliphatic rings. The maximum absolute atomic E-state index is 11.6. The van der Waals surface area contributed by atoms with Gasteiger partial charge in [-0.25, -0.2) is 0 Å². The highest BCUT2D eigenvalue weighted by Gasteiger charge is 2.11. The van der Waals surface area contributed by atoms with E-state index >= 15 is 0 Å². The number of carbonyl (C=O) groups is 1. The number of hydrogen-bond donors (Lipinski definition) is 1. The van der Waals surface area contributed by atoms with Crippen molar-refractivity contribution in [3.63, 3.8) is 0 Å². The zero-order valence-corrected chi connectivity index (χ0v) is 13.3. The van der Waals surface area contributed by atoms with Crippen LogP contribution in [0.25, 0.3) is 5.57 Å². The van der Waals surface area contributed by atoms with Gasteiger partial charge in [-0.1, -0.05) is 44.2 Å². The van der Waals surface area contributed by atoms with E-state index in [0.29, 0.717) is 6.42 Å². The fraction of sp³-hybridized carbons (Fsp3) is 0.389. The van der Waals surface area contributed by atoms with Crippen LogP contribution in [0.3, 0.4) is 0 Å². The van der Waals surface area contributed by atoms with Crippen LogP contribution in [0.1, 0.15) is 50.8 Å². The lowest BCUT2D eigenvalue weighted by atomic mass is 9.96. The van der Waals surface area contributed by atoms with Gasteiger partial charge in [-0.05, 0) is 49.5 Å². The van der Waals surface area contributed by atoms with Gasteiger partial charge < -0.3 is 5.32 Å². The lowest BCUT2D eigenvalue weighted by Crippen LogP contribution is -2.23. The molecule has 0 saturated heterocycles. The molecular formula is C18H25NO. The highest BCUT2D eigenvalue weighted by molar-refractivity contribution is 5.86. The average molecular weight is 271 g/mol. The Hall–Kier alpha value is -1.83. The van der Waals surface area contributed by atoms with Gasteiger partial charge in [0.25, 0.3) is 0 Å². The van der Waals surface area contributed by atoms with Crippen LogP contribution in [-0.2, 0) is 11.2 Å². The van der Waals surface area contributed by atoms with E-state index in [9.17, 15) is 4.79 Å². The summed E-state index contributed by atoms with van der Waals surface area (Å²) in [4.78, 5) is 11.6. The number of benzene rings is 1. The van der Waals surface area contributed by atoms with E-state index < -0.39 is 0 Å². The fourth-order valence-electron chi connectivity index (χ4n) is 2.15. The van der Waals surface area contributed by atoms with Gasteiger partial charge >= 0.3 is 0 Å². The molecule has 0 atom stereocenters. The van der Waals surface area contributed by atoms with Gasteiger partial charge in [0.2, 0.25) is 5.91 Å². The molecule has 0 spiro atoms. The summed E-state index contributed by atoms with van der Waals surface area (Å²) < 4.78 is 0. The minimum atomic E-state index is 0.0178. The molecular weight excluding hydrogens is 246 g/mol. The number of hydrogen-bond acceptors (Lipinski definition) is 1. The van der Waals surface area contributed by atoms with Crippen LogP contribution in [0.15, 0.2) is 36.0 Å². The average Bonchev–Trinajstić information content (AvgIpc) is 2.43. The Morgan fingerprint density at radius 2 is 1.90 bits per heavy atom. The number of amides is 1. The number of rotatable bonds is 5. The third-order valence-corrected chi connectivity index (χ3v) is 3.46. The number of nitrogens with one attached hydrogen (secondary N) is 1. The largest absolute Gasteiger partial charge is 0.326 e. The maximum atomic E-state index is 11.6. The van der Waals surface area contributed by atoms with Crippen LogP contribution in [0, 0.1) is 6.92 Å². The fourth-order valence-corrected chi connectivity index (χ4v) is 2.15. The summed E-state index contributed by atoms with van der Waals surface area (Å²) in [7, 11) is 0. The zero-order valence-electron chi connectivity index (χ0n) is 13.3. The summed E-state index contributed by atoms with van der Waals surface area (Å²) in [5, 5.41) is 2.95. The van der Waals surface area contributed by atoms with Crippen LogP contribution >= 0.6 is 0 Å². The molecule has 1 aromatic rings. The lowest BCUT2D eigenvalue weighted by Gasteiger charge is -2.16. The van der Waals surface area contributed by atoms with Crippen molar-refractivity contribution in [1.29, 1.82) is 0 Å². The maximum Gasteiger partial charge on any atom is 0.224 e. The highest BCUT2D eigenvalue weighted by Crippen LogP contribution is 2.24. The molecule has 0 aliphatic heterocycles. The van der Waals surface area contributed by atoms with Crippen molar-refractivity contribution in [1.82, 2.24) is 5.32 Å². The van der Waals surface area contributed by atoms with Crippen molar-refractivity contribution >= 4 is 11.5 Å². The molecule has 0 bridgehead atoms. The Kier molecular flexibility index (Phi) is 5.75. The molecule has 0 radical (unpaired) electrons. The van der Waals surface area contributed by atoms with Gasteiger partial charge in [0.1, 0.15) is 0 Å². The summed E-state index contributed by atoms with van der Waals surface area (Å²) in [6, 6.07) is 6.36. The minimum absolute atomic E-state index is 0.0178. The molecule has 0 fully saturated rings. The third-order valence-electron chi connectivity index (χ3n) is 3.46. The van der Waals surface area contributed by atoms with Crippen LogP contribution in [0.2, 0.25) is 0 Å². The SMILES string of the molecule is C=C(C(NC(=O)CC)=C(C)C)c1ccc(CC)c(C)c1. The predicted molar refractivity (Wildman–Crippen MR) is 86.4 cm³/mol. The Morgan fingerprint density at radius 3 is 2.35 bits per heavy atom. The van der Waals surface area contributed by atoms with Crippen molar-refractivity contribution in [2.45, 2.75) is 47.5 Å². The van der Waals surface area contributed by atoms with Gasteiger partial charge in [0.15, 0.2) is 0 Å². The Balaban J connectivity index is 3.11. The molecule has 1 rings (SSSR count). The minimum Gasteiger partial charge on any atom is -0.326 e. The topological polar surface area (TPSA) is 29.1 Å². The first kappa shape index (κ1) is 16.2. The van der Waals surface area contributed by atoms with Gasteiger partial charge in [-0.15, -0.1) is 0 Å². The zero-order chi connectivity index (χ0) is 15.3. The Morgan fingerprint density at radius 1 is 1.25 bits per heavy atom. The van der Waals surface area contributed by atoms with Crippen LogP contribution in [0.4, 0.5) is 0 Å². The van der Waals surface area contributed by atoms with E-state index in [1.807, 2.05) is 20.8 Å². The molecule has 0 heterocycles. The molecule has 108 valence electrons. The summed E-state index contributed by atoms with van der Waals surface area (Å²) in [6.45, 7) is 14.3. The van der Waals surface area contributed by atoms with Crippen LogP contribution in [0.5, 0.6) is 0 Å². The highest BCUT2D eigenvalue weighted by atomic mass is 16.1. The van der Waals surface area contributed by atoms with Gasteiger partial charge in [0, 0.05) is 12.1 Å². The molecule has 0 aliphatic carbocycles. The van der Waals surface area contributed by atoms with Crippen molar-refractivity contribution in [3.05, 3.63) is 52.7 Å². The van der Waals surface area contributed by atoms with Crippen molar-refractivity contribution in [3.8, 4) is 0 Å². The molecule has 20 heavy (non-hydrogen) atoms. The van der Waals surface area contributed by atoms with Gasteiger partial charge in [0.05, 0.1) is 0 Å². The number of aryl methyl sites for hydroxylation is 2. The first-order valence-electron chi connectivity index (χ1n) is 7.17. The Labute approximate surface area is 122 Å². The number of allylic oxidation sites excluding steroid dienone is 2. The second-order valence-electron chi connectivity index (χ2n) is 5.25. The Bertz CT molecular complexity index is 549. The molecule has 1 N–H and O–H groups in total. The standard InChI is InChI=1S/C18H25NO/c1-7-15-9-10-16(11-13(15)5)14(6)18(12(3)4)19-17(20)8-2/h9-11H,6-8H2,1-5H3,(H,19,20). The first-order valence-corrected chi connectivity index (χ1v) is 7.17. The van der Waals surface area contributed by atoms with Crippen molar-refractivity contribution in [2.75, 3.05) is 0 Å². The number of carbonyl (C=O) groups excluding carboxylic acids is 1. The summed E-state index contributed by atoms with van der Waals surface area (Å²) in [5.74, 6) is 0.0178. The quantitative estimate of drug-likeness (QED) is 0.791. The third kappa shape index (κ3) is 3.83. The first-order chi connectivity index (χ1) is 9.40. The molecule has 1 amide bonds. The molecule has 0 unspecified atom stereocenters. The summed E-state index contributed by atoms with van der Waals surface area (Å²) >= 11 is 0. The van der Waals surface area contributed by atoms with Crippen LogP contribution in [-0.4, -0.2) is 5.91 Å². The monoisotopic (exact) mass is 271 g/mol. The summed E-state index contributed by atoms with van der Waals surface area (Å²) in [6.07, 6.45) is 1.50. The molecule has 2 nitrogen and oxygen atoms in total. The molecule has 0 saturated carbocycles. The molecule has 2 heteroatoms.